The van der Waals surface area contributed by atoms with Crippen molar-refractivity contribution in [2.45, 2.75) is 26.2 Å². The summed E-state index contributed by atoms with van der Waals surface area (Å²) in [6, 6.07) is 0. The number of amides is 2. The number of carbonyl (C=O) groups is 4. The van der Waals surface area contributed by atoms with Gasteiger partial charge in [-0.15, -0.1) is 0 Å². The summed E-state index contributed by atoms with van der Waals surface area (Å²) in [4.78, 5) is 43.8. The van der Waals surface area contributed by atoms with Gasteiger partial charge in [0, 0.05) is 24.8 Å². The summed E-state index contributed by atoms with van der Waals surface area (Å²) in [5.41, 5.74) is 0. The van der Waals surface area contributed by atoms with E-state index < -0.39 is 5.12 Å². The van der Waals surface area contributed by atoms with E-state index in [4.69, 9.17) is 0 Å². The fraction of sp³-hybridized carbons (Fsp3) is 0.500. The molecule has 0 saturated carbocycles. The average molecular weight is 215 g/mol. The molecule has 0 bridgehead atoms. The minimum absolute atomic E-state index is 0.152. The molecular weight excluding hydrogens is 206 g/mol. The van der Waals surface area contributed by atoms with Gasteiger partial charge in [0.1, 0.15) is 5.78 Å². The summed E-state index contributed by atoms with van der Waals surface area (Å²) in [7, 11) is 0. The molecule has 0 radical (unpaired) electrons. The Kier molecular flexibility index (Phi) is 3.40. The quantitative estimate of drug-likeness (QED) is 0.384. The van der Waals surface area contributed by atoms with Crippen LogP contribution in [0.4, 0.5) is 0 Å². The molecule has 0 spiro atoms. The molecule has 1 heterocycles. The topological polar surface area (TPSA) is 71.5 Å². The lowest BCUT2D eigenvalue weighted by molar-refractivity contribution is -0.132. The maximum atomic E-state index is 11.1. The van der Waals surface area contributed by atoms with Crippen molar-refractivity contribution < 1.29 is 19.2 Å². The van der Waals surface area contributed by atoms with Crippen molar-refractivity contribution >= 4 is 34.7 Å². The summed E-state index contributed by atoms with van der Waals surface area (Å²) in [5.74, 6) is -1.00. The monoisotopic (exact) mass is 215 g/mol. The number of hydrogen-bond acceptors (Lipinski definition) is 5. The number of rotatable bonds is 3. The molecule has 1 aliphatic heterocycles. The molecule has 0 aliphatic carbocycles. The second-order valence-electron chi connectivity index (χ2n) is 2.92. The van der Waals surface area contributed by atoms with Crippen molar-refractivity contribution in [1.82, 2.24) is 4.31 Å². The molecule has 1 saturated heterocycles. The van der Waals surface area contributed by atoms with E-state index in [9.17, 15) is 19.2 Å². The largest absolute Gasteiger partial charge is 0.299 e. The molecule has 2 amide bonds. The fourth-order valence-corrected chi connectivity index (χ4v) is 1.85. The van der Waals surface area contributed by atoms with Crippen molar-refractivity contribution in [2.75, 3.05) is 0 Å². The van der Waals surface area contributed by atoms with Crippen LogP contribution in [0.3, 0.4) is 0 Å². The van der Waals surface area contributed by atoms with Gasteiger partial charge < -0.3 is 0 Å². The number of ketones is 1. The summed E-state index contributed by atoms with van der Waals surface area (Å²) in [6.07, 6.45) is 0.0557. The van der Waals surface area contributed by atoms with Gasteiger partial charge in [-0.3, -0.25) is 19.2 Å². The lowest BCUT2D eigenvalue weighted by atomic mass is 10.3. The highest BCUT2D eigenvalue weighted by molar-refractivity contribution is 8.12. The average Bonchev–Trinajstić information content (AvgIpc) is 2.34. The van der Waals surface area contributed by atoms with Gasteiger partial charge in [0.25, 0.3) is 0 Å². The van der Waals surface area contributed by atoms with Gasteiger partial charge in [-0.05, 0) is 6.92 Å². The Morgan fingerprint density at radius 2 is 1.79 bits per heavy atom. The van der Waals surface area contributed by atoms with Crippen LogP contribution in [0, 0.1) is 0 Å². The molecule has 1 fully saturated rings. The molecule has 0 aromatic carbocycles. The van der Waals surface area contributed by atoms with E-state index >= 15 is 0 Å². The van der Waals surface area contributed by atoms with E-state index in [0.717, 1.165) is 4.31 Å². The van der Waals surface area contributed by atoms with E-state index in [1.165, 1.54) is 6.92 Å². The smallest absolute Gasteiger partial charge is 0.240 e. The van der Waals surface area contributed by atoms with Crippen molar-refractivity contribution in [3.05, 3.63) is 0 Å². The fourth-order valence-electron chi connectivity index (χ4n) is 0.995. The summed E-state index contributed by atoms with van der Waals surface area (Å²) in [5, 5.41) is -0.471. The normalized spacial score (nSPS) is 16.2. The molecule has 0 aromatic rings. The molecule has 14 heavy (non-hydrogen) atoms. The molecule has 76 valence electrons. The molecule has 1 rings (SSSR count). The minimum Gasteiger partial charge on any atom is -0.299 e. The maximum Gasteiger partial charge on any atom is 0.240 e. The van der Waals surface area contributed by atoms with Crippen LogP contribution in [-0.2, 0) is 19.2 Å². The van der Waals surface area contributed by atoms with Crippen molar-refractivity contribution in [3.8, 4) is 0 Å². The zero-order valence-corrected chi connectivity index (χ0v) is 8.43. The number of imide groups is 1. The van der Waals surface area contributed by atoms with Crippen molar-refractivity contribution in [1.29, 1.82) is 0 Å². The molecule has 6 heteroatoms. The number of carbonyl (C=O) groups excluding carboxylic acids is 4. The first-order valence-corrected chi connectivity index (χ1v) is 4.84. The van der Waals surface area contributed by atoms with Gasteiger partial charge in [-0.1, -0.05) is 0 Å². The second kappa shape index (κ2) is 4.36. The lowest BCUT2D eigenvalue weighted by Gasteiger charge is -2.09. The van der Waals surface area contributed by atoms with Gasteiger partial charge in [-0.25, -0.2) is 4.31 Å². The van der Waals surface area contributed by atoms with Crippen LogP contribution >= 0.6 is 11.9 Å². The Bertz CT molecular complexity index is 296. The van der Waals surface area contributed by atoms with Gasteiger partial charge in [0.05, 0.1) is 6.42 Å². The van der Waals surface area contributed by atoms with E-state index in [1.54, 1.807) is 0 Å². The first kappa shape index (κ1) is 10.9. The van der Waals surface area contributed by atoms with Crippen molar-refractivity contribution in [2.24, 2.45) is 0 Å². The number of nitrogens with zero attached hydrogens (tertiary/aromatic N) is 1. The Hall–Kier alpha value is -1.17. The van der Waals surface area contributed by atoms with Crippen LogP contribution in [0.25, 0.3) is 0 Å². The molecule has 5 nitrogen and oxygen atoms in total. The van der Waals surface area contributed by atoms with Gasteiger partial charge in [0.2, 0.25) is 16.9 Å². The zero-order chi connectivity index (χ0) is 10.7. The van der Waals surface area contributed by atoms with Crippen LogP contribution in [-0.4, -0.2) is 27.0 Å². The Balaban J connectivity index is 2.51. The lowest BCUT2D eigenvalue weighted by Crippen LogP contribution is -2.23. The minimum atomic E-state index is -0.471. The molecule has 0 unspecified atom stereocenters. The third-order valence-electron chi connectivity index (χ3n) is 1.59. The summed E-state index contributed by atoms with van der Waals surface area (Å²) < 4.78 is 0.839. The van der Waals surface area contributed by atoms with Gasteiger partial charge >= 0.3 is 0 Å². The van der Waals surface area contributed by atoms with E-state index in [-0.39, 0.29) is 36.9 Å². The summed E-state index contributed by atoms with van der Waals surface area (Å²) >= 11 is 0.526. The van der Waals surface area contributed by atoms with Crippen LogP contribution in [0.5, 0.6) is 0 Å². The highest BCUT2D eigenvalue weighted by Crippen LogP contribution is 2.22. The second-order valence-corrected chi connectivity index (χ2v) is 3.93. The van der Waals surface area contributed by atoms with E-state index in [0.29, 0.717) is 11.9 Å². The molecule has 0 aromatic heterocycles. The van der Waals surface area contributed by atoms with E-state index in [1.807, 2.05) is 0 Å². The van der Waals surface area contributed by atoms with Crippen LogP contribution in [0.15, 0.2) is 0 Å². The molecular formula is C8H9NO4S. The van der Waals surface area contributed by atoms with Crippen LogP contribution < -0.4 is 0 Å². The predicted molar refractivity (Wildman–Crippen MR) is 49.0 cm³/mol. The molecule has 0 atom stereocenters. The standard InChI is InChI=1S/C8H9NO4S/c1-5(10)4-8(13)14-9-6(11)2-3-7(9)12/h2-4H2,1H3. The Morgan fingerprint density at radius 1 is 1.29 bits per heavy atom. The van der Waals surface area contributed by atoms with Crippen molar-refractivity contribution in [3.63, 3.8) is 0 Å². The Labute approximate surface area is 85.0 Å². The first-order chi connectivity index (χ1) is 6.50. The van der Waals surface area contributed by atoms with Crippen LogP contribution in [0.1, 0.15) is 26.2 Å². The highest BCUT2D eigenvalue weighted by atomic mass is 32.2. The first-order valence-electron chi connectivity index (χ1n) is 4.06. The summed E-state index contributed by atoms with van der Waals surface area (Å²) in [6.45, 7) is 1.28. The number of hydrogen-bond donors (Lipinski definition) is 0. The maximum absolute atomic E-state index is 11.1. The number of Topliss-reactive ketones (excluding diaryl/α,β-unsaturated/α-hetero) is 1. The Morgan fingerprint density at radius 3 is 2.21 bits per heavy atom. The molecule has 0 N–H and O–H groups in total. The van der Waals surface area contributed by atoms with Crippen LogP contribution in [0.2, 0.25) is 0 Å². The SMILES string of the molecule is CC(=O)CC(=O)SN1C(=O)CCC1=O. The van der Waals surface area contributed by atoms with Gasteiger partial charge in [-0.2, -0.15) is 0 Å². The third kappa shape index (κ3) is 2.66. The third-order valence-corrected chi connectivity index (χ3v) is 2.53. The molecule has 1 aliphatic rings. The van der Waals surface area contributed by atoms with E-state index in [2.05, 4.69) is 0 Å². The highest BCUT2D eigenvalue weighted by Gasteiger charge is 2.31. The zero-order valence-electron chi connectivity index (χ0n) is 7.61. The predicted octanol–water partition coefficient (Wildman–Crippen LogP) is 0.289. The van der Waals surface area contributed by atoms with Gasteiger partial charge in [0.15, 0.2) is 0 Å².